The van der Waals surface area contributed by atoms with Gasteiger partial charge in [0.25, 0.3) is 0 Å². The van der Waals surface area contributed by atoms with E-state index in [0.29, 0.717) is 24.7 Å². The summed E-state index contributed by atoms with van der Waals surface area (Å²) in [7, 11) is 1.62. The molecule has 0 fully saturated rings. The Bertz CT molecular complexity index is 726. The fourth-order valence-electron chi connectivity index (χ4n) is 2.14. The zero-order valence-corrected chi connectivity index (χ0v) is 12.3. The molecule has 0 atom stereocenters. The lowest BCUT2D eigenvalue weighted by atomic mass is 10.2. The molecule has 0 spiro atoms. The highest BCUT2D eigenvalue weighted by Crippen LogP contribution is 2.26. The van der Waals surface area contributed by atoms with Crippen LogP contribution in [0, 0.1) is 0 Å². The van der Waals surface area contributed by atoms with Crippen LogP contribution in [0.4, 0.5) is 0 Å². The van der Waals surface area contributed by atoms with E-state index in [0.717, 1.165) is 5.69 Å². The highest BCUT2D eigenvalue weighted by molar-refractivity contribution is 5.39. The van der Waals surface area contributed by atoms with Gasteiger partial charge in [0.1, 0.15) is 12.3 Å². The summed E-state index contributed by atoms with van der Waals surface area (Å²) in [5, 5.41) is 8.25. The number of benzene rings is 2. The Balaban J connectivity index is 1.62. The van der Waals surface area contributed by atoms with Gasteiger partial charge in [-0.05, 0) is 17.7 Å². The Morgan fingerprint density at radius 2 is 1.68 bits per heavy atom. The standard InChI is InChI=1S/C17H17N3O2/c1-21-16-9-5-6-10-17(16)22-13-15-12-20(19-18-15)11-14-7-3-2-4-8-14/h2-10,12H,11,13H2,1H3. The average molecular weight is 295 g/mol. The third-order valence-electron chi connectivity index (χ3n) is 3.22. The molecule has 0 aliphatic carbocycles. The Kier molecular flexibility index (Phi) is 4.34. The first-order chi connectivity index (χ1) is 10.8. The number of ether oxygens (including phenoxy) is 2. The Morgan fingerprint density at radius 3 is 2.45 bits per heavy atom. The smallest absolute Gasteiger partial charge is 0.161 e. The first kappa shape index (κ1) is 14.1. The number of nitrogens with zero attached hydrogens (tertiary/aromatic N) is 3. The first-order valence-electron chi connectivity index (χ1n) is 7.04. The lowest BCUT2D eigenvalue weighted by molar-refractivity contribution is 0.280. The van der Waals surface area contributed by atoms with Crippen LogP contribution in [0.5, 0.6) is 11.5 Å². The molecule has 0 saturated carbocycles. The van der Waals surface area contributed by atoms with Gasteiger partial charge >= 0.3 is 0 Å². The topological polar surface area (TPSA) is 49.2 Å². The van der Waals surface area contributed by atoms with Gasteiger partial charge in [0.15, 0.2) is 11.5 Å². The van der Waals surface area contributed by atoms with E-state index in [1.807, 2.05) is 48.7 Å². The van der Waals surface area contributed by atoms with Crippen LogP contribution in [-0.4, -0.2) is 22.1 Å². The minimum atomic E-state index is 0.356. The summed E-state index contributed by atoms with van der Waals surface area (Å²) in [5.41, 5.74) is 1.96. The Morgan fingerprint density at radius 1 is 0.955 bits per heavy atom. The maximum atomic E-state index is 5.74. The van der Waals surface area contributed by atoms with Crippen LogP contribution in [0.15, 0.2) is 60.8 Å². The average Bonchev–Trinajstić information content (AvgIpc) is 3.01. The molecular weight excluding hydrogens is 278 g/mol. The highest BCUT2D eigenvalue weighted by atomic mass is 16.5. The maximum Gasteiger partial charge on any atom is 0.161 e. The molecule has 5 nitrogen and oxygen atoms in total. The van der Waals surface area contributed by atoms with E-state index in [4.69, 9.17) is 9.47 Å². The molecule has 0 bridgehead atoms. The monoisotopic (exact) mass is 295 g/mol. The van der Waals surface area contributed by atoms with Gasteiger partial charge in [-0.1, -0.05) is 47.7 Å². The molecule has 22 heavy (non-hydrogen) atoms. The van der Waals surface area contributed by atoms with Crippen LogP contribution >= 0.6 is 0 Å². The lowest BCUT2D eigenvalue weighted by Gasteiger charge is -2.08. The number of methoxy groups -OCH3 is 1. The zero-order valence-electron chi connectivity index (χ0n) is 12.3. The summed E-state index contributed by atoms with van der Waals surface area (Å²) in [5.74, 6) is 1.40. The van der Waals surface area contributed by atoms with Crippen LogP contribution in [0.25, 0.3) is 0 Å². The van der Waals surface area contributed by atoms with Crippen molar-refractivity contribution in [3.63, 3.8) is 0 Å². The minimum Gasteiger partial charge on any atom is -0.493 e. The number of hydrogen-bond donors (Lipinski definition) is 0. The van der Waals surface area contributed by atoms with Crippen molar-refractivity contribution in [3.05, 3.63) is 72.1 Å². The third-order valence-corrected chi connectivity index (χ3v) is 3.22. The predicted molar refractivity (Wildman–Crippen MR) is 82.9 cm³/mol. The lowest BCUT2D eigenvalue weighted by Crippen LogP contribution is -2.00. The van der Waals surface area contributed by atoms with Gasteiger partial charge in [0.2, 0.25) is 0 Å². The molecule has 0 amide bonds. The summed E-state index contributed by atoms with van der Waals surface area (Å²) >= 11 is 0. The number of hydrogen-bond acceptors (Lipinski definition) is 4. The van der Waals surface area contributed by atoms with Gasteiger partial charge in [-0.25, -0.2) is 4.68 Å². The van der Waals surface area contributed by atoms with Crippen molar-refractivity contribution >= 4 is 0 Å². The van der Waals surface area contributed by atoms with Crippen molar-refractivity contribution in [2.45, 2.75) is 13.2 Å². The second-order valence-electron chi connectivity index (χ2n) is 4.83. The first-order valence-corrected chi connectivity index (χ1v) is 7.04. The van der Waals surface area contributed by atoms with E-state index in [1.54, 1.807) is 11.8 Å². The fourth-order valence-corrected chi connectivity index (χ4v) is 2.14. The molecule has 112 valence electrons. The van der Waals surface area contributed by atoms with Crippen molar-refractivity contribution in [3.8, 4) is 11.5 Å². The van der Waals surface area contributed by atoms with Gasteiger partial charge in [-0.15, -0.1) is 5.10 Å². The van der Waals surface area contributed by atoms with E-state index >= 15 is 0 Å². The molecule has 0 saturated heterocycles. The van der Waals surface area contributed by atoms with E-state index < -0.39 is 0 Å². The van der Waals surface area contributed by atoms with Gasteiger partial charge in [0, 0.05) is 0 Å². The summed E-state index contributed by atoms with van der Waals surface area (Å²) in [6.45, 7) is 1.05. The maximum absolute atomic E-state index is 5.74. The second kappa shape index (κ2) is 6.76. The van der Waals surface area contributed by atoms with Crippen molar-refractivity contribution in [1.29, 1.82) is 0 Å². The molecule has 0 aliphatic rings. The van der Waals surface area contributed by atoms with E-state index in [-0.39, 0.29) is 0 Å². The molecule has 3 rings (SSSR count). The van der Waals surface area contributed by atoms with Gasteiger partial charge in [0.05, 0.1) is 19.9 Å². The summed E-state index contributed by atoms with van der Waals surface area (Å²) < 4.78 is 12.8. The second-order valence-corrected chi connectivity index (χ2v) is 4.83. The normalized spacial score (nSPS) is 10.4. The molecule has 0 N–H and O–H groups in total. The van der Waals surface area contributed by atoms with E-state index in [1.165, 1.54) is 5.56 Å². The van der Waals surface area contributed by atoms with Crippen LogP contribution < -0.4 is 9.47 Å². The molecule has 3 aromatic rings. The summed E-state index contributed by atoms with van der Waals surface area (Å²) in [6.07, 6.45) is 1.89. The van der Waals surface area contributed by atoms with Crippen LogP contribution in [-0.2, 0) is 13.2 Å². The molecular formula is C17H17N3O2. The number of rotatable bonds is 6. The van der Waals surface area contributed by atoms with E-state index in [2.05, 4.69) is 22.4 Å². The molecule has 0 aliphatic heterocycles. The Labute approximate surface area is 129 Å². The molecule has 1 heterocycles. The van der Waals surface area contributed by atoms with Crippen molar-refractivity contribution in [2.75, 3.05) is 7.11 Å². The van der Waals surface area contributed by atoms with Crippen molar-refractivity contribution < 1.29 is 9.47 Å². The predicted octanol–water partition coefficient (Wildman–Crippen LogP) is 2.91. The largest absolute Gasteiger partial charge is 0.493 e. The molecule has 0 radical (unpaired) electrons. The third kappa shape index (κ3) is 3.44. The van der Waals surface area contributed by atoms with Crippen LogP contribution in [0.1, 0.15) is 11.3 Å². The quantitative estimate of drug-likeness (QED) is 0.701. The molecule has 5 heteroatoms. The zero-order chi connectivity index (χ0) is 15.2. The van der Waals surface area contributed by atoms with Gasteiger partial charge in [-0.3, -0.25) is 0 Å². The number of para-hydroxylation sites is 2. The molecule has 1 aromatic heterocycles. The summed E-state index contributed by atoms with van der Waals surface area (Å²) in [6, 6.07) is 17.7. The van der Waals surface area contributed by atoms with Gasteiger partial charge in [-0.2, -0.15) is 0 Å². The summed E-state index contributed by atoms with van der Waals surface area (Å²) in [4.78, 5) is 0. The fraction of sp³-hybridized carbons (Fsp3) is 0.176. The van der Waals surface area contributed by atoms with Crippen LogP contribution in [0.3, 0.4) is 0 Å². The van der Waals surface area contributed by atoms with Crippen LogP contribution in [0.2, 0.25) is 0 Å². The van der Waals surface area contributed by atoms with Gasteiger partial charge < -0.3 is 9.47 Å². The minimum absolute atomic E-state index is 0.356. The Hall–Kier alpha value is -2.82. The van der Waals surface area contributed by atoms with E-state index in [9.17, 15) is 0 Å². The SMILES string of the molecule is COc1ccccc1OCc1cn(Cc2ccccc2)nn1. The van der Waals surface area contributed by atoms with Crippen molar-refractivity contribution in [1.82, 2.24) is 15.0 Å². The number of aromatic nitrogens is 3. The molecule has 2 aromatic carbocycles. The highest BCUT2D eigenvalue weighted by Gasteiger charge is 2.06. The molecule has 0 unspecified atom stereocenters. The van der Waals surface area contributed by atoms with Crippen molar-refractivity contribution in [2.24, 2.45) is 0 Å².